The third-order valence-electron chi connectivity index (χ3n) is 2.22. The summed E-state index contributed by atoms with van der Waals surface area (Å²) in [7, 11) is 0. The second kappa shape index (κ2) is 5.66. The Bertz CT molecular complexity index is 604. The van der Waals surface area contributed by atoms with Gasteiger partial charge >= 0.3 is 0 Å². The van der Waals surface area contributed by atoms with Crippen LogP contribution < -0.4 is 5.32 Å². The molecular weight excluding hydrogens is 411 g/mol. The Morgan fingerprint density at radius 2 is 2.17 bits per heavy atom. The smallest absolute Gasteiger partial charge is 0.259 e. The molecule has 0 radical (unpaired) electrons. The van der Waals surface area contributed by atoms with Gasteiger partial charge in [-0.1, -0.05) is 0 Å². The molecule has 18 heavy (non-hydrogen) atoms. The average molecular weight is 419 g/mol. The Morgan fingerprint density at radius 1 is 1.39 bits per heavy atom. The van der Waals surface area contributed by atoms with E-state index in [2.05, 4.69) is 48.8 Å². The first-order chi connectivity index (χ1) is 8.58. The number of aromatic nitrogens is 1. The van der Waals surface area contributed by atoms with Crippen molar-refractivity contribution in [3.8, 4) is 5.75 Å². The summed E-state index contributed by atoms with van der Waals surface area (Å²) < 4.78 is 1.79. The number of anilines is 1. The second-order valence-electron chi connectivity index (χ2n) is 3.47. The van der Waals surface area contributed by atoms with E-state index in [1.807, 2.05) is 18.2 Å². The molecule has 1 aromatic heterocycles. The number of pyridine rings is 1. The van der Waals surface area contributed by atoms with Crippen LogP contribution in [0, 0.1) is 3.57 Å². The lowest BCUT2D eigenvalue weighted by molar-refractivity contribution is 0.102. The van der Waals surface area contributed by atoms with Gasteiger partial charge in [-0.05, 0) is 62.8 Å². The molecule has 1 heterocycles. The lowest BCUT2D eigenvalue weighted by Gasteiger charge is -2.08. The molecule has 0 atom stereocenters. The highest BCUT2D eigenvalue weighted by molar-refractivity contribution is 14.1. The highest BCUT2D eigenvalue weighted by Crippen LogP contribution is 2.25. The van der Waals surface area contributed by atoms with Crippen LogP contribution in [0.15, 0.2) is 41.1 Å². The van der Waals surface area contributed by atoms with Crippen LogP contribution in [0.5, 0.6) is 5.75 Å². The molecule has 2 rings (SSSR count). The molecule has 0 fully saturated rings. The number of hydrogen-bond donors (Lipinski definition) is 2. The minimum atomic E-state index is -0.377. The summed E-state index contributed by atoms with van der Waals surface area (Å²) in [6.45, 7) is 0. The number of benzene rings is 1. The maximum atomic E-state index is 12.0. The van der Waals surface area contributed by atoms with Crippen molar-refractivity contribution in [1.82, 2.24) is 4.98 Å². The molecule has 2 aromatic rings. The number of nitrogens with one attached hydrogen (secondary N) is 1. The average Bonchev–Trinajstić information content (AvgIpc) is 2.34. The summed E-state index contributed by atoms with van der Waals surface area (Å²) >= 11 is 5.52. The second-order valence-corrected chi connectivity index (χ2v) is 5.57. The van der Waals surface area contributed by atoms with Crippen molar-refractivity contribution in [2.24, 2.45) is 0 Å². The van der Waals surface area contributed by atoms with E-state index < -0.39 is 0 Å². The van der Waals surface area contributed by atoms with Gasteiger partial charge in [0.2, 0.25) is 0 Å². The quantitative estimate of drug-likeness (QED) is 0.734. The normalized spacial score (nSPS) is 10.1. The lowest BCUT2D eigenvalue weighted by atomic mass is 10.2. The zero-order valence-corrected chi connectivity index (χ0v) is 12.8. The van der Waals surface area contributed by atoms with Crippen LogP contribution in [0.2, 0.25) is 0 Å². The first-order valence-corrected chi connectivity index (χ1v) is 6.84. The van der Waals surface area contributed by atoms with Gasteiger partial charge in [0, 0.05) is 14.2 Å². The molecular formula is C12H8BrIN2O2. The standard InChI is InChI=1S/C12H8BrIN2O2/c13-9-2-1-7(14)5-10(9)16-12(18)8-3-4-15-6-11(8)17/h1-6,17H,(H,16,18). The van der Waals surface area contributed by atoms with Crippen molar-refractivity contribution in [3.05, 3.63) is 50.3 Å². The van der Waals surface area contributed by atoms with E-state index in [9.17, 15) is 9.90 Å². The SMILES string of the molecule is O=C(Nc1cc(I)ccc1Br)c1ccncc1O. The largest absolute Gasteiger partial charge is 0.505 e. The van der Waals surface area contributed by atoms with Gasteiger partial charge in [0.25, 0.3) is 5.91 Å². The maximum absolute atomic E-state index is 12.0. The number of aromatic hydroxyl groups is 1. The summed E-state index contributed by atoms with van der Waals surface area (Å²) in [6.07, 6.45) is 2.69. The number of nitrogens with zero attached hydrogens (tertiary/aromatic N) is 1. The molecule has 2 N–H and O–H groups in total. The Labute approximate surface area is 126 Å². The van der Waals surface area contributed by atoms with Crippen molar-refractivity contribution in [1.29, 1.82) is 0 Å². The molecule has 0 unspecified atom stereocenters. The summed E-state index contributed by atoms with van der Waals surface area (Å²) in [6, 6.07) is 7.07. The van der Waals surface area contributed by atoms with Gasteiger partial charge in [0.1, 0.15) is 5.75 Å². The van der Waals surface area contributed by atoms with Crippen LogP contribution in [0.25, 0.3) is 0 Å². The van der Waals surface area contributed by atoms with Crippen molar-refractivity contribution in [3.63, 3.8) is 0 Å². The van der Waals surface area contributed by atoms with E-state index in [0.29, 0.717) is 5.69 Å². The third-order valence-corrected chi connectivity index (χ3v) is 3.58. The highest BCUT2D eigenvalue weighted by atomic mass is 127. The minimum absolute atomic E-state index is 0.142. The fraction of sp³-hybridized carbons (Fsp3) is 0. The number of carbonyl (C=O) groups is 1. The van der Waals surface area contributed by atoms with Crippen LogP contribution >= 0.6 is 38.5 Å². The minimum Gasteiger partial charge on any atom is -0.505 e. The lowest BCUT2D eigenvalue weighted by Crippen LogP contribution is -2.12. The number of rotatable bonds is 2. The fourth-order valence-electron chi connectivity index (χ4n) is 1.36. The number of carbonyl (C=O) groups excluding carboxylic acids is 1. The van der Waals surface area contributed by atoms with Crippen molar-refractivity contribution < 1.29 is 9.90 Å². The zero-order valence-electron chi connectivity index (χ0n) is 9.02. The first-order valence-electron chi connectivity index (χ1n) is 4.97. The summed E-state index contributed by atoms with van der Waals surface area (Å²) in [5.41, 5.74) is 0.846. The molecule has 1 amide bonds. The van der Waals surface area contributed by atoms with Gasteiger partial charge in [-0.2, -0.15) is 0 Å². The van der Waals surface area contributed by atoms with Gasteiger partial charge in [0.15, 0.2) is 0 Å². The molecule has 0 aliphatic carbocycles. The van der Waals surface area contributed by atoms with E-state index in [0.717, 1.165) is 8.04 Å². The van der Waals surface area contributed by atoms with E-state index in [-0.39, 0.29) is 17.2 Å². The number of halogens is 2. The highest BCUT2D eigenvalue weighted by Gasteiger charge is 2.12. The predicted molar refractivity (Wildman–Crippen MR) is 80.7 cm³/mol. The molecule has 0 saturated carbocycles. The van der Waals surface area contributed by atoms with Gasteiger partial charge in [-0.25, -0.2) is 0 Å². The van der Waals surface area contributed by atoms with Crippen LogP contribution in [0.1, 0.15) is 10.4 Å². The first kappa shape index (κ1) is 13.3. The van der Waals surface area contributed by atoms with Crippen LogP contribution in [0.4, 0.5) is 5.69 Å². The molecule has 4 nitrogen and oxygen atoms in total. The van der Waals surface area contributed by atoms with Gasteiger partial charge < -0.3 is 10.4 Å². The van der Waals surface area contributed by atoms with Crippen molar-refractivity contribution in [2.45, 2.75) is 0 Å². The molecule has 0 aliphatic heterocycles. The van der Waals surface area contributed by atoms with E-state index in [1.165, 1.54) is 18.5 Å². The van der Waals surface area contributed by atoms with Gasteiger partial charge in [-0.15, -0.1) is 0 Å². The molecule has 1 aromatic carbocycles. The van der Waals surface area contributed by atoms with Gasteiger partial charge in [0.05, 0.1) is 17.4 Å². The van der Waals surface area contributed by atoms with E-state index in [4.69, 9.17) is 0 Å². The third kappa shape index (κ3) is 2.99. The van der Waals surface area contributed by atoms with E-state index in [1.54, 1.807) is 0 Å². The Balaban J connectivity index is 2.27. The summed E-state index contributed by atoms with van der Waals surface area (Å²) in [5, 5.41) is 12.3. The Hall–Kier alpha value is -1.15. The van der Waals surface area contributed by atoms with Crippen molar-refractivity contribution in [2.75, 3.05) is 5.32 Å². The number of hydrogen-bond acceptors (Lipinski definition) is 3. The van der Waals surface area contributed by atoms with Crippen LogP contribution in [-0.2, 0) is 0 Å². The molecule has 92 valence electrons. The molecule has 0 bridgehead atoms. The van der Waals surface area contributed by atoms with Gasteiger partial charge in [-0.3, -0.25) is 9.78 Å². The summed E-state index contributed by atoms with van der Waals surface area (Å²) in [5.74, 6) is -0.519. The monoisotopic (exact) mass is 418 g/mol. The topological polar surface area (TPSA) is 62.2 Å². The molecule has 6 heteroatoms. The maximum Gasteiger partial charge on any atom is 0.259 e. The Kier molecular flexibility index (Phi) is 4.18. The Morgan fingerprint density at radius 3 is 2.89 bits per heavy atom. The summed E-state index contributed by atoms with van der Waals surface area (Å²) in [4.78, 5) is 15.7. The number of amides is 1. The van der Waals surface area contributed by atoms with Crippen LogP contribution in [-0.4, -0.2) is 16.0 Å². The van der Waals surface area contributed by atoms with E-state index >= 15 is 0 Å². The molecule has 0 spiro atoms. The molecule has 0 saturated heterocycles. The predicted octanol–water partition coefficient (Wildman–Crippen LogP) is 3.41. The molecule has 0 aliphatic rings. The zero-order chi connectivity index (χ0) is 13.1. The fourth-order valence-corrected chi connectivity index (χ4v) is 2.20. The van der Waals surface area contributed by atoms with Crippen LogP contribution in [0.3, 0.4) is 0 Å². The van der Waals surface area contributed by atoms with Crippen molar-refractivity contribution >= 4 is 50.1 Å².